The summed E-state index contributed by atoms with van der Waals surface area (Å²) in [7, 11) is 0. The van der Waals surface area contributed by atoms with Gasteiger partial charge in [0.1, 0.15) is 11.8 Å². The molecule has 0 radical (unpaired) electrons. The van der Waals surface area contributed by atoms with E-state index in [1.165, 1.54) is 0 Å². The number of carbonyl (C=O) groups is 1. The van der Waals surface area contributed by atoms with E-state index in [0.29, 0.717) is 23.0 Å². The summed E-state index contributed by atoms with van der Waals surface area (Å²) in [6.45, 7) is 1.80. The molecule has 2 heterocycles. The molecule has 3 aromatic rings. The smallest absolute Gasteiger partial charge is 0.248 e. The summed E-state index contributed by atoms with van der Waals surface area (Å²) in [4.78, 5) is 16.7. The number of phenols is 1. The molecule has 0 saturated carbocycles. The maximum atomic E-state index is 12.1. The van der Waals surface area contributed by atoms with Crippen molar-refractivity contribution in [3.63, 3.8) is 0 Å². The van der Waals surface area contributed by atoms with Crippen molar-refractivity contribution in [1.29, 1.82) is 0 Å². The van der Waals surface area contributed by atoms with Crippen LogP contribution in [0.15, 0.2) is 65.9 Å². The maximum Gasteiger partial charge on any atom is 0.248 e. The minimum Gasteiger partial charge on any atom is -0.508 e. The molecule has 0 spiro atoms. The van der Waals surface area contributed by atoms with Gasteiger partial charge in [-0.1, -0.05) is 30.3 Å². The summed E-state index contributed by atoms with van der Waals surface area (Å²) in [6, 6.07) is 15.8. The number of nitrogens with zero attached hydrogens (tertiary/aromatic N) is 3. The van der Waals surface area contributed by atoms with E-state index in [9.17, 15) is 9.90 Å². The van der Waals surface area contributed by atoms with Gasteiger partial charge in [0.25, 0.3) is 0 Å². The molecule has 7 heteroatoms. The molecule has 0 aliphatic carbocycles. The Labute approximate surface area is 149 Å². The van der Waals surface area contributed by atoms with Gasteiger partial charge in [0.2, 0.25) is 11.9 Å². The molecular weight excluding hydrogens is 330 g/mol. The first-order valence-electron chi connectivity index (χ1n) is 8.13. The van der Waals surface area contributed by atoms with Gasteiger partial charge in [-0.3, -0.25) is 4.79 Å². The Morgan fingerprint density at radius 3 is 2.50 bits per heavy atom. The number of amides is 1. The average molecular weight is 347 g/mol. The van der Waals surface area contributed by atoms with Gasteiger partial charge in [-0.25, -0.2) is 4.68 Å². The lowest BCUT2D eigenvalue weighted by Gasteiger charge is -2.27. The summed E-state index contributed by atoms with van der Waals surface area (Å²) in [5, 5.41) is 17.2. The number of nitrogens with two attached hydrogens (primary N) is 1. The first-order valence-corrected chi connectivity index (χ1v) is 8.13. The summed E-state index contributed by atoms with van der Waals surface area (Å²) in [5.74, 6) is 0.694. The number of rotatable bonds is 3. The normalized spacial score (nSPS) is 16.1. The number of anilines is 1. The van der Waals surface area contributed by atoms with Crippen molar-refractivity contribution in [3.8, 4) is 17.1 Å². The maximum absolute atomic E-state index is 12.1. The number of aromatic hydroxyl groups is 1. The summed E-state index contributed by atoms with van der Waals surface area (Å²) in [6.07, 6.45) is 0. The van der Waals surface area contributed by atoms with Crippen LogP contribution in [0.5, 0.6) is 5.75 Å². The van der Waals surface area contributed by atoms with Crippen LogP contribution in [-0.2, 0) is 4.79 Å². The molecular formula is C19H17N5O2. The van der Waals surface area contributed by atoms with Gasteiger partial charge in [-0.05, 0) is 36.8 Å². The van der Waals surface area contributed by atoms with E-state index < -0.39 is 11.9 Å². The number of carbonyl (C=O) groups excluding carboxylic acids is 1. The lowest BCUT2D eigenvalue weighted by molar-refractivity contribution is -0.115. The highest BCUT2D eigenvalue weighted by atomic mass is 16.3. The van der Waals surface area contributed by atoms with E-state index in [0.717, 1.165) is 11.1 Å². The van der Waals surface area contributed by atoms with Crippen molar-refractivity contribution in [2.45, 2.75) is 13.0 Å². The van der Waals surface area contributed by atoms with E-state index in [1.807, 2.05) is 30.3 Å². The van der Waals surface area contributed by atoms with Crippen LogP contribution >= 0.6 is 0 Å². The zero-order valence-electron chi connectivity index (χ0n) is 14.0. The molecule has 0 unspecified atom stereocenters. The minimum atomic E-state index is -0.504. The number of benzene rings is 2. The van der Waals surface area contributed by atoms with Gasteiger partial charge in [0, 0.05) is 11.3 Å². The van der Waals surface area contributed by atoms with Gasteiger partial charge in [0.05, 0.1) is 5.57 Å². The van der Waals surface area contributed by atoms with Crippen molar-refractivity contribution >= 4 is 11.9 Å². The Bertz CT molecular complexity index is 1010. The Hall–Kier alpha value is -3.61. The predicted octanol–water partition coefficient (Wildman–Crippen LogP) is 2.42. The quantitative estimate of drug-likeness (QED) is 0.675. The fraction of sp³-hybridized carbons (Fsp3) is 0.105. The summed E-state index contributed by atoms with van der Waals surface area (Å²) in [5.41, 5.74) is 8.41. The van der Waals surface area contributed by atoms with Crippen LogP contribution in [0.25, 0.3) is 11.4 Å². The third kappa shape index (κ3) is 2.59. The number of aromatic nitrogens is 3. The average Bonchev–Trinajstić information content (AvgIpc) is 3.05. The molecule has 7 nitrogen and oxygen atoms in total. The standard InChI is InChI=1S/C19H17N5O2/c1-11-15(17(20)26)16(12-5-3-2-4-6-12)24-19(21-11)22-18(23-24)13-7-9-14(25)10-8-13/h2-10,16,25H,1H3,(H2,20,26)(H,21,22,23)/t16-/m1/s1. The lowest BCUT2D eigenvalue weighted by atomic mass is 9.95. The van der Waals surface area contributed by atoms with E-state index >= 15 is 0 Å². The molecule has 1 aliphatic heterocycles. The van der Waals surface area contributed by atoms with Gasteiger partial charge < -0.3 is 16.2 Å². The first-order chi connectivity index (χ1) is 12.5. The van der Waals surface area contributed by atoms with Crippen LogP contribution in [0.3, 0.4) is 0 Å². The number of fused-ring (bicyclic) bond motifs is 1. The summed E-state index contributed by atoms with van der Waals surface area (Å²) < 4.78 is 1.67. The van der Waals surface area contributed by atoms with Crippen molar-refractivity contribution in [2.24, 2.45) is 5.73 Å². The molecule has 1 amide bonds. The number of hydrogen-bond donors (Lipinski definition) is 3. The molecule has 0 fully saturated rings. The largest absolute Gasteiger partial charge is 0.508 e. The fourth-order valence-electron chi connectivity index (χ4n) is 3.15. The third-order valence-corrected chi connectivity index (χ3v) is 4.36. The summed E-state index contributed by atoms with van der Waals surface area (Å²) >= 11 is 0. The highest BCUT2D eigenvalue weighted by molar-refractivity contribution is 5.95. The van der Waals surface area contributed by atoms with Crippen molar-refractivity contribution in [2.75, 3.05) is 5.32 Å². The van der Waals surface area contributed by atoms with E-state index in [-0.39, 0.29) is 5.75 Å². The second kappa shape index (κ2) is 6.03. The minimum absolute atomic E-state index is 0.173. The van der Waals surface area contributed by atoms with E-state index in [2.05, 4.69) is 15.4 Å². The number of phenolic OH excluding ortho intramolecular Hbond substituents is 1. The number of primary amides is 1. The third-order valence-electron chi connectivity index (χ3n) is 4.36. The molecule has 0 bridgehead atoms. The highest BCUT2D eigenvalue weighted by Crippen LogP contribution is 2.35. The van der Waals surface area contributed by atoms with Crippen molar-refractivity contribution < 1.29 is 9.90 Å². The molecule has 2 aromatic carbocycles. The lowest BCUT2D eigenvalue weighted by Crippen LogP contribution is -2.31. The van der Waals surface area contributed by atoms with Gasteiger partial charge >= 0.3 is 0 Å². The molecule has 26 heavy (non-hydrogen) atoms. The topological polar surface area (TPSA) is 106 Å². The molecule has 130 valence electrons. The molecule has 4 rings (SSSR count). The number of hydrogen-bond acceptors (Lipinski definition) is 5. The zero-order valence-corrected chi connectivity index (χ0v) is 14.0. The Kier molecular flexibility index (Phi) is 3.69. The van der Waals surface area contributed by atoms with Crippen LogP contribution < -0.4 is 11.1 Å². The second-order valence-electron chi connectivity index (χ2n) is 6.09. The number of allylic oxidation sites excluding steroid dienone is 1. The highest BCUT2D eigenvalue weighted by Gasteiger charge is 2.33. The van der Waals surface area contributed by atoms with Crippen molar-refractivity contribution in [3.05, 3.63) is 71.4 Å². The Morgan fingerprint density at radius 2 is 1.85 bits per heavy atom. The SMILES string of the molecule is CC1=C(C(N)=O)[C@@H](c2ccccc2)n2nc(-c3ccc(O)cc3)nc2N1. The molecule has 1 atom stereocenters. The number of nitrogens with one attached hydrogen (secondary N) is 1. The van der Waals surface area contributed by atoms with Gasteiger partial charge in [0.15, 0.2) is 5.82 Å². The monoisotopic (exact) mass is 347 g/mol. The first kappa shape index (κ1) is 15.9. The van der Waals surface area contributed by atoms with Crippen LogP contribution in [-0.4, -0.2) is 25.8 Å². The molecule has 4 N–H and O–H groups in total. The van der Waals surface area contributed by atoms with E-state index in [1.54, 1.807) is 35.9 Å². The van der Waals surface area contributed by atoms with Gasteiger partial charge in [-0.2, -0.15) is 4.98 Å². The van der Waals surface area contributed by atoms with Crippen LogP contribution in [0.2, 0.25) is 0 Å². The second-order valence-corrected chi connectivity index (χ2v) is 6.09. The molecule has 1 aliphatic rings. The Morgan fingerprint density at radius 1 is 1.15 bits per heavy atom. The van der Waals surface area contributed by atoms with Crippen LogP contribution in [0, 0.1) is 0 Å². The van der Waals surface area contributed by atoms with Gasteiger partial charge in [-0.15, -0.1) is 5.10 Å². The molecule has 0 saturated heterocycles. The fourth-order valence-corrected chi connectivity index (χ4v) is 3.15. The van der Waals surface area contributed by atoms with E-state index in [4.69, 9.17) is 5.73 Å². The predicted molar refractivity (Wildman–Crippen MR) is 97.2 cm³/mol. The van der Waals surface area contributed by atoms with Crippen molar-refractivity contribution in [1.82, 2.24) is 14.8 Å². The molecule has 1 aromatic heterocycles. The zero-order chi connectivity index (χ0) is 18.3. The Balaban J connectivity index is 1.87. The van der Waals surface area contributed by atoms with Crippen LogP contribution in [0.1, 0.15) is 18.5 Å². The van der Waals surface area contributed by atoms with Crippen LogP contribution in [0.4, 0.5) is 5.95 Å².